The van der Waals surface area contributed by atoms with Crippen LogP contribution in [0.15, 0.2) is 42.5 Å². The molecule has 3 N–H and O–H groups in total. The summed E-state index contributed by atoms with van der Waals surface area (Å²) in [6, 6.07) is 13.2. The van der Waals surface area contributed by atoms with Crippen molar-refractivity contribution in [3.63, 3.8) is 0 Å². The third kappa shape index (κ3) is 3.67. The number of nitrogen functional groups attached to an aromatic ring is 1. The van der Waals surface area contributed by atoms with Gasteiger partial charge in [-0.2, -0.15) is 0 Å². The lowest BCUT2D eigenvalue weighted by Gasteiger charge is -2.23. The number of rotatable bonds is 5. The Kier molecular flexibility index (Phi) is 4.70. The third-order valence-corrected chi connectivity index (χ3v) is 3.45. The van der Waals surface area contributed by atoms with Crippen LogP contribution < -0.4 is 15.4 Å². The van der Waals surface area contributed by atoms with Crippen molar-refractivity contribution in [2.45, 2.75) is 6.54 Å². The predicted octanol–water partition coefficient (Wildman–Crippen LogP) is 3.27. The summed E-state index contributed by atoms with van der Waals surface area (Å²) in [5, 5.41) is 8.41. The van der Waals surface area contributed by atoms with Crippen molar-refractivity contribution in [1.82, 2.24) is 0 Å². The maximum absolute atomic E-state index is 7.70. The van der Waals surface area contributed by atoms with Gasteiger partial charge in [0.1, 0.15) is 11.6 Å². The van der Waals surface area contributed by atoms with Crippen LogP contribution in [0, 0.1) is 5.41 Å². The fourth-order valence-electron chi connectivity index (χ4n) is 2.18. The molecule has 4 nitrogen and oxygen atoms in total. The standard InChI is InChI=1S/C16H18ClN3O/c1-20(10-11-4-3-5-12(17)8-11)15-9-13(21-2)6-7-14(15)16(18)19/h3-9H,10H2,1-2H3,(H3,18,19). The van der Waals surface area contributed by atoms with Crippen molar-refractivity contribution in [3.05, 3.63) is 58.6 Å². The Bertz CT molecular complexity index is 658. The number of nitrogens with zero attached hydrogens (tertiary/aromatic N) is 1. The van der Waals surface area contributed by atoms with Crippen LogP contribution in [-0.4, -0.2) is 20.0 Å². The maximum atomic E-state index is 7.70. The first kappa shape index (κ1) is 15.2. The summed E-state index contributed by atoms with van der Waals surface area (Å²) in [6.45, 7) is 0.661. The number of nitrogens with two attached hydrogens (primary N) is 1. The molecule has 0 radical (unpaired) electrons. The van der Waals surface area contributed by atoms with E-state index in [2.05, 4.69) is 0 Å². The van der Waals surface area contributed by atoms with E-state index in [9.17, 15) is 0 Å². The minimum absolute atomic E-state index is 0.0330. The van der Waals surface area contributed by atoms with Crippen molar-refractivity contribution >= 4 is 23.1 Å². The molecule has 0 saturated carbocycles. The smallest absolute Gasteiger partial charge is 0.124 e. The Balaban J connectivity index is 2.33. The second kappa shape index (κ2) is 6.50. The molecule has 0 heterocycles. The maximum Gasteiger partial charge on any atom is 0.124 e. The predicted molar refractivity (Wildman–Crippen MR) is 87.6 cm³/mol. The van der Waals surface area contributed by atoms with Gasteiger partial charge in [-0.3, -0.25) is 5.41 Å². The number of halogens is 1. The molecule has 0 spiro atoms. The van der Waals surface area contributed by atoms with Gasteiger partial charge in [0.05, 0.1) is 12.8 Å². The molecule has 0 amide bonds. The van der Waals surface area contributed by atoms with Crippen LogP contribution >= 0.6 is 11.6 Å². The van der Waals surface area contributed by atoms with Gasteiger partial charge in [-0.1, -0.05) is 23.7 Å². The highest BCUT2D eigenvalue weighted by Gasteiger charge is 2.12. The molecule has 0 unspecified atom stereocenters. The van der Waals surface area contributed by atoms with Crippen LogP contribution in [0.2, 0.25) is 5.02 Å². The Labute approximate surface area is 129 Å². The summed E-state index contributed by atoms with van der Waals surface area (Å²) in [6.07, 6.45) is 0. The van der Waals surface area contributed by atoms with Gasteiger partial charge in [-0.05, 0) is 29.8 Å². The van der Waals surface area contributed by atoms with E-state index < -0.39 is 0 Å². The van der Waals surface area contributed by atoms with E-state index in [1.165, 1.54) is 0 Å². The number of methoxy groups -OCH3 is 1. The van der Waals surface area contributed by atoms with Gasteiger partial charge >= 0.3 is 0 Å². The lowest BCUT2D eigenvalue weighted by Crippen LogP contribution is -2.22. The first-order chi connectivity index (χ1) is 10.0. The van der Waals surface area contributed by atoms with E-state index in [4.69, 9.17) is 27.5 Å². The topological polar surface area (TPSA) is 62.3 Å². The van der Waals surface area contributed by atoms with Gasteiger partial charge in [0.15, 0.2) is 0 Å². The number of benzene rings is 2. The molecular weight excluding hydrogens is 286 g/mol. The van der Waals surface area contributed by atoms with Gasteiger partial charge in [0.25, 0.3) is 0 Å². The molecule has 0 fully saturated rings. The highest BCUT2D eigenvalue weighted by atomic mass is 35.5. The van der Waals surface area contributed by atoms with Crippen molar-refractivity contribution in [3.8, 4) is 5.75 Å². The molecule has 0 aliphatic heterocycles. The second-order valence-electron chi connectivity index (χ2n) is 4.78. The molecule has 5 heteroatoms. The largest absolute Gasteiger partial charge is 0.497 e. The zero-order valence-electron chi connectivity index (χ0n) is 12.1. The highest BCUT2D eigenvalue weighted by molar-refractivity contribution is 6.30. The molecular formula is C16H18ClN3O. The number of ether oxygens (including phenoxy) is 1. The number of nitrogens with one attached hydrogen (secondary N) is 1. The first-order valence-electron chi connectivity index (χ1n) is 6.49. The van der Waals surface area contributed by atoms with Gasteiger partial charge < -0.3 is 15.4 Å². The first-order valence-corrected chi connectivity index (χ1v) is 6.87. The average molecular weight is 304 g/mol. The summed E-state index contributed by atoms with van der Waals surface area (Å²) >= 11 is 6.01. The van der Waals surface area contributed by atoms with Crippen molar-refractivity contribution in [2.24, 2.45) is 5.73 Å². The minimum atomic E-state index is 0.0330. The van der Waals surface area contributed by atoms with Crippen LogP contribution in [0.1, 0.15) is 11.1 Å². The Morgan fingerprint density at radius 3 is 2.67 bits per heavy atom. The lowest BCUT2D eigenvalue weighted by atomic mass is 10.1. The Morgan fingerprint density at radius 1 is 1.29 bits per heavy atom. The fraction of sp³-hybridized carbons (Fsp3) is 0.188. The zero-order valence-corrected chi connectivity index (χ0v) is 12.8. The molecule has 2 aromatic carbocycles. The van der Waals surface area contributed by atoms with Crippen LogP contribution in [0.25, 0.3) is 0 Å². The summed E-state index contributed by atoms with van der Waals surface area (Å²) in [5.74, 6) is 0.763. The second-order valence-corrected chi connectivity index (χ2v) is 5.22. The summed E-state index contributed by atoms with van der Waals surface area (Å²) < 4.78 is 5.25. The molecule has 0 aromatic heterocycles. The van der Waals surface area contributed by atoms with Gasteiger partial charge in [0, 0.05) is 30.2 Å². The minimum Gasteiger partial charge on any atom is -0.497 e. The molecule has 110 valence electrons. The SMILES string of the molecule is COc1ccc(C(=N)N)c(N(C)Cc2cccc(Cl)c2)c1. The van der Waals surface area contributed by atoms with Gasteiger partial charge in [-0.15, -0.1) is 0 Å². The molecule has 2 aromatic rings. The summed E-state index contributed by atoms with van der Waals surface area (Å²) in [5.41, 5.74) is 8.27. The van der Waals surface area contributed by atoms with E-state index >= 15 is 0 Å². The summed E-state index contributed by atoms with van der Waals surface area (Å²) in [7, 11) is 3.56. The number of amidine groups is 1. The van der Waals surface area contributed by atoms with Gasteiger partial charge in [0.2, 0.25) is 0 Å². The zero-order chi connectivity index (χ0) is 15.4. The molecule has 0 bridgehead atoms. The quantitative estimate of drug-likeness (QED) is 0.658. The van der Waals surface area contributed by atoms with Crippen LogP contribution in [0.3, 0.4) is 0 Å². The van der Waals surface area contributed by atoms with Crippen LogP contribution in [0.5, 0.6) is 5.75 Å². The van der Waals surface area contributed by atoms with Gasteiger partial charge in [-0.25, -0.2) is 0 Å². The average Bonchev–Trinajstić information content (AvgIpc) is 2.46. The molecule has 0 saturated heterocycles. The highest BCUT2D eigenvalue weighted by Crippen LogP contribution is 2.26. The van der Waals surface area contributed by atoms with E-state index in [1.807, 2.05) is 42.3 Å². The van der Waals surface area contributed by atoms with Crippen molar-refractivity contribution < 1.29 is 4.74 Å². The monoisotopic (exact) mass is 303 g/mol. The number of hydrogen-bond acceptors (Lipinski definition) is 3. The molecule has 21 heavy (non-hydrogen) atoms. The van der Waals surface area contributed by atoms with Crippen LogP contribution in [0.4, 0.5) is 5.69 Å². The Hall–Kier alpha value is -2.20. The molecule has 0 aliphatic rings. The van der Waals surface area contributed by atoms with Crippen LogP contribution in [-0.2, 0) is 6.54 Å². The van der Waals surface area contributed by atoms with E-state index in [1.54, 1.807) is 19.2 Å². The number of hydrogen-bond donors (Lipinski definition) is 2. The third-order valence-electron chi connectivity index (χ3n) is 3.22. The van der Waals surface area contributed by atoms with Crippen molar-refractivity contribution in [1.29, 1.82) is 5.41 Å². The molecule has 0 atom stereocenters. The van der Waals surface area contributed by atoms with Crippen molar-refractivity contribution in [2.75, 3.05) is 19.1 Å². The van der Waals surface area contributed by atoms with E-state index in [0.29, 0.717) is 17.1 Å². The Morgan fingerprint density at radius 2 is 2.05 bits per heavy atom. The number of anilines is 1. The molecule has 2 rings (SSSR count). The van der Waals surface area contributed by atoms with E-state index in [-0.39, 0.29) is 5.84 Å². The van der Waals surface area contributed by atoms with E-state index in [0.717, 1.165) is 17.0 Å². The lowest BCUT2D eigenvalue weighted by molar-refractivity contribution is 0.415. The summed E-state index contributed by atoms with van der Waals surface area (Å²) in [4.78, 5) is 2.02. The fourth-order valence-corrected chi connectivity index (χ4v) is 2.39. The molecule has 0 aliphatic carbocycles. The normalized spacial score (nSPS) is 10.2.